The average Bonchev–Trinajstić information content (AvgIpc) is 3.25. The van der Waals surface area contributed by atoms with Crippen LogP contribution < -0.4 is 10.1 Å². The van der Waals surface area contributed by atoms with Gasteiger partial charge in [-0.3, -0.25) is 9.36 Å². The monoisotopic (exact) mass is 444 g/mol. The predicted molar refractivity (Wildman–Crippen MR) is 126 cm³/mol. The number of hydrogen-bond donors (Lipinski definition) is 1. The summed E-state index contributed by atoms with van der Waals surface area (Å²) < 4.78 is 7.19. The summed E-state index contributed by atoms with van der Waals surface area (Å²) >= 11 is 1.38. The van der Waals surface area contributed by atoms with Crippen LogP contribution in [0.4, 0.5) is 0 Å². The van der Waals surface area contributed by atoms with Crippen LogP contribution in [-0.4, -0.2) is 33.5 Å². The number of para-hydroxylation sites is 1. The second-order valence-corrected chi connectivity index (χ2v) is 8.09. The molecule has 0 aliphatic carbocycles. The molecule has 1 heterocycles. The summed E-state index contributed by atoms with van der Waals surface area (Å²) in [5.41, 5.74) is 3.15. The van der Waals surface area contributed by atoms with Crippen molar-refractivity contribution in [1.29, 1.82) is 0 Å². The van der Waals surface area contributed by atoms with Crippen molar-refractivity contribution in [1.82, 2.24) is 20.1 Å². The lowest BCUT2D eigenvalue weighted by molar-refractivity contribution is -0.118. The van der Waals surface area contributed by atoms with Gasteiger partial charge in [0, 0.05) is 18.7 Å². The van der Waals surface area contributed by atoms with E-state index in [-0.39, 0.29) is 11.7 Å². The number of methoxy groups -OCH3 is 1. The van der Waals surface area contributed by atoms with Crippen molar-refractivity contribution in [2.24, 2.45) is 0 Å². The molecular weight excluding hydrogens is 420 g/mol. The van der Waals surface area contributed by atoms with E-state index in [1.807, 2.05) is 77.4 Å². The Kier molecular flexibility index (Phi) is 7.19. The molecule has 6 nitrogen and oxygen atoms in total. The highest BCUT2D eigenvalue weighted by Gasteiger charge is 2.16. The molecule has 0 atom stereocenters. The lowest BCUT2D eigenvalue weighted by atomic mass is 10.1. The van der Waals surface area contributed by atoms with Crippen molar-refractivity contribution in [3.05, 3.63) is 102 Å². The van der Waals surface area contributed by atoms with Gasteiger partial charge in [-0.15, -0.1) is 10.2 Å². The van der Waals surface area contributed by atoms with E-state index < -0.39 is 0 Å². The van der Waals surface area contributed by atoms with E-state index in [1.165, 1.54) is 11.8 Å². The van der Waals surface area contributed by atoms with Gasteiger partial charge in [0.2, 0.25) is 5.91 Å². The summed E-state index contributed by atoms with van der Waals surface area (Å²) in [5, 5.41) is 12.5. The highest BCUT2D eigenvalue weighted by molar-refractivity contribution is 7.99. The number of nitrogens with zero attached hydrogens (tertiary/aromatic N) is 3. The van der Waals surface area contributed by atoms with Crippen molar-refractivity contribution in [3.63, 3.8) is 0 Å². The molecule has 3 aromatic carbocycles. The molecular formula is C25H24N4O2S. The van der Waals surface area contributed by atoms with Crippen LogP contribution in [0.25, 0.3) is 5.69 Å². The fraction of sp³-hybridized carbons (Fsp3) is 0.160. The maximum Gasteiger partial charge on any atom is 0.230 e. The molecule has 0 aliphatic heterocycles. The van der Waals surface area contributed by atoms with Gasteiger partial charge in [-0.25, -0.2) is 0 Å². The number of thioether (sulfide) groups is 1. The van der Waals surface area contributed by atoms with Crippen LogP contribution in [0, 0.1) is 0 Å². The van der Waals surface area contributed by atoms with Crippen LogP contribution in [0.5, 0.6) is 5.75 Å². The topological polar surface area (TPSA) is 69.0 Å². The summed E-state index contributed by atoms with van der Waals surface area (Å²) in [6.45, 7) is 0.466. The quantitative estimate of drug-likeness (QED) is 0.390. The molecule has 0 aliphatic rings. The van der Waals surface area contributed by atoms with Gasteiger partial charge in [-0.05, 0) is 35.4 Å². The van der Waals surface area contributed by atoms with Gasteiger partial charge >= 0.3 is 0 Å². The number of hydrogen-bond acceptors (Lipinski definition) is 5. The third-order valence-corrected chi connectivity index (χ3v) is 5.83. The van der Waals surface area contributed by atoms with Crippen LogP contribution in [0.2, 0.25) is 0 Å². The normalized spacial score (nSPS) is 10.7. The molecule has 7 heteroatoms. The summed E-state index contributed by atoms with van der Waals surface area (Å²) in [4.78, 5) is 12.4. The average molecular weight is 445 g/mol. The molecule has 0 saturated carbocycles. The first-order valence-corrected chi connectivity index (χ1v) is 11.3. The van der Waals surface area contributed by atoms with E-state index in [0.717, 1.165) is 28.4 Å². The lowest BCUT2D eigenvalue weighted by Crippen LogP contribution is -2.24. The first-order chi connectivity index (χ1) is 15.7. The molecule has 0 spiro atoms. The standard InChI is InChI=1S/C25H24N4O2S/c1-31-22-14-12-20(13-15-22)17-26-24(30)18-32-25-28-27-23(16-19-8-4-2-5-9-19)29(25)21-10-6-3-7-11-21/h2-15H,16-18H2,1H3,(H,26,30). The third kappa shape index (κ3) is 5.56. The largest absolute Gasteiger partial charge is 0.497 e. The number of carbonyl (C=O) groups excluding carboxylic acids is 1. The maximum atomic E-state index is 12.4. The van der Waals surface area contributed by atoms with Gasteiger partial charge in [0.05, 0.1) is 12.9 Å². The Balaban J connectivity index is 1.43. The van der Waals surface area contributed by atoms with Gasteiger partial charge in [0.25, 0.3) is 0 Å². The van der Waals surface area contributed by atoms with E-state index >= 15 is 0 Å². The van der Waals surface area contributed by atoms with Crippen LogP contribution in [0.3, 0.4) is 0 Å². The molecule has 1 aromatic heterocycles. The second-order valence-electron chi connectivity index (χ2n) is 7.15. The molecule has 0 radical (unpaired) electrons. The van der Waals surface area contributed by atoms with Crippen molar-refractivity contribution in [3.8, 4) is 11.4 Å². The minimum atomic E-state index is -0.0574. The Hall–Kier alpha value is -3.58. The number of rotatable bonds is 9. The van der Waals surface area contributed by atoms with Crippen molar-refractivity contribution >= 4 is 17.7 Å². The Morgan fingerprint density at radius 3 is 2.28 bits per heavy atom. The van der Waals surface area contributed by atoms with E-state index in [1.54, 1.807) is 7.11 Å². The Morgan fingerprint density at radius 1 is 0.906 bits per heavy atom. The van der Waals surface area contributed by atoms with Crippen LogP contribution in [0.15, 0.2) is 90.1 Å². The van der Waals surface area contributed by atoms with Crippen LogP contribution in [0.1, 0.15) is 17.0 Å². The molecule has 4 rings (SSSR count). The minimum absolute atomic E-state index is 0.0574. The fourth-order valence-electron chi connectivity index (χ4n) is 3.25. The zero-order valence-corrected chi connectivity index (χ0v) is 18.6. The van der Waals surface area contributed by atoms with E-state index in [0.29, 0.717) is 18.1 Å². The summed E-state index contributed by atoms with van der Waals surface area (Å²) in [5.74, 6) is 1.83. The number of ether oxygens (including phenoxy) is 1. The van der Waals surface area contributed by atoms with Crippen molar-refractivity contribution < 1.29 is 9.53 Å². The van der Waals surface area contributed by atoms with Gasteiger partial charge in [-0.2, -0.15) is 0 Å². The lowest BCUT2D eigenvalue weighted by Gasteiger charge is -2.10. The van der Waals surface area contributed by atoms with E-state index in [9.17, 15) is 4.79 Å². The number of aromatic nitrogens is 3. The molecule has 0 unspecified atom stereocenters. The van der Waals surface area contributed by atoms with Gasteiger partial charge < -0.3 is 10.1 Å². The van der Waals surface area contributed by atoms with E-state index in [2.05, 4.69) is 27.6 Å². The number of nitrogens with one attached hydrogen (secondary N) is 1. The summed E-state index contributed by atoms with van der Waals surface area (Å²) in [6, 6.07) is 27.8. The first-order valence-electron chi connectivity index (χ1n) is 10.3. The van der Waals surface area contributed by atoms with Crippen molar-refractivity contribution in [2.75, 3.05) is 12.9 Å². The fourth-order valence-corrected chi connectivity index (χ4v) is 4.05. The number of amides is 1. The third-order valence-electron chi connectivity index (χ3n) is 4.90. The van der Waals surface area contributed by atoms with Gasteiger partial charge in [0.15, 0.2) is 5.16 Å². The molecule has 1 amide bonds. The molecule has 0 fully saturated rings. The first kappa shape index (κ1) is 21.6. The Morgan fingerprint density at radius 2 is 1.59 bits per heavy atom. The Bertz CT molecular complexity index is 1150. The molecule has 0 bridgehead atoms. The Labute approximate surface area is 191 Å². The smallest absolute Gasteiger partial charge is 0.230 e. The highest BCUT2D eigenvalue weighted by atomic mass is 32.2. The molecule has 32 heavy (non-hydrogen) atoms. The molecule has 162 valence electrons. The second kappa shape index (κ2) is 10.6. The number of carbonyl (C=O) groups is 1. The molecule has 1 N–H and O–H groups in total. The van der Waals surface area contributed by atoms with Crippen molar-refractivity contribution in [2.45, 2.75) is 18.1 Å². The molecule has 0 saturated heterocycles. The zero-order chi connectivity index (χ0) is 22.2. The van der Waals surface area contributed by atoms with Crippen LogP contribution >= 0.6 is 11.8 Å². The van der Waals surface area contributed by atoms with Gasteiger partial charge in [0.1, 0.15) is 11.6 Å². The zero-order valence-electron chi connectivity index (χ0n) is 17.8. The summed E-state index contributed by atoms with van der Waals surface area (Å²) in [7, 11) is 1.63. The SMILES string of the molecule is COc1ccc(CNC(=O)CSc2nnc(Cc3ccccc3)n2-c2ccccc2)cc1. The number of benzene rings is 3. The minimum Gasteiger partial charge on any atom is -0.497 e. The van der Waals surface area contributed by atoms with Gasteiger partial charge in [-0.1, -0.05) is 72.4 Å². The predicted octanol–water partition coefficient (Wildman–Crippen LogP) is 4.28. The maximum absolute atomic E-state index is 12.4. The van der Waals surface area contributed by atoms with Crippen LogP contribution in [-0.2, 0) is 17.8 Å². The molecule has 4 aromatic rings. The van der Waals surface area contributed by atoms with E-state index in [4.69, 9.17) is 4.74 Å². The highest BCUT2D eigenvalue weighted by Crippen LogP contribution is 2.23. The summed E-state index contributed by atoms with van der Waals surface area (Å²) in [6.07, 6.45) is 0.660.